The number of anilines is 3. The Kier molecular flexibility index (Phi) is 10.8. The van der Waals surface area contributed by atoms with E-state index in [4.69, 9.17) is 17.2 Å². The van der Waals surface area contributed by atoms with Gasteiger partial charge < -0.3 is 37.7 Å². The van der Waals surface area contributed by atoms with E-state index in [2.05, 4.69) is 30.7 Å². The highest BCUT2D eigenvalue weighted by Crippen LogP contribution is 2.19. The van der Waals surface area contributed by atoms with Crippen molar-refractivity contribution in [3.63, 3.8) is 0 Å². The van der Waals surface area contributed by atoms with Gasteiger partial charge >= 0.3 is 11.9 Å². The molecule has 0 aliphatic rings. The average molecular weight is 646 g/mol. The number of nitrogen functional groups attached to an aromatic ring is 1. The summed E-state index contributed by atoms with van der Waals surface area (Å²) < 4.78 is 5.36. The number of aromatic nitrogens is 4. The van der Waals surface area contributed by atoms with E-state index in [0.29, 0.717) is 16.8 Å². The van der Waals surface area contributed by atoms with Crippen LogP contribution >= 0.6 is 0 Å². The zero-order chi connectivity index (χ0) is 33.7. The van der Waals surface area contributed by atoms with E-state index >= 15 is 0 Å². The van der Waals surface area contributed by atoms with E-state index in [1.807, 2.05) is 19.1 Å². The molecule has 1 atom stereocenters. The Morgan fingerprint density at radius 1 is 1.04 bits per heavy atom. The Labute approximate surface area is 266 Å². The van der Waals surface area contributed by atoms with Gasteiger partial charge in [-0.2, -0.15) is 4.52 Å². The number of carboxylic acid groups (broad SMARTS) is 1. The number of aromatic carboxylic acids is 1. The zero-order valence-electron chi connectivity index (χ0n) is 24.3. The summed E-state index contributed by atoms with van der Waals surface area (Å²) in [5, 5.41) is 21.8. The van der Waals surface area contributed by atoms with Gasteiger partial charge in [0.2, 0.25) is 0 Å². The van der Waals surface area contributed by atoms with Gasteiger partial charge in [-0.05, 0) is 42.3 Å². The molecule has 0 fully saturated rings. The summed E-state index contributed by atoms with van der Waals surface area (Å²) in [6, 6.07) is 14.6. The van der Waals surface area contributed by atoms with Gasteiger partial charge in [0.05, 0.1) is 12.7 Å². The molecular weight excluding hydrogens is 614 g/mol. The number of primary amides is 1. The normalized spacial score (nSPS) is 11.0. The van der Waals surface area contributed by atoms with Crippen LogP contribution in [0.2, 0.25) is 0 Å². The lowest BCUT2D eigenvalue weighted by Crippen LogP contribution is -2.36. The molecule has 5 rings (SSSR count). The number of carboxylic acids is 1. The van der Waals surface area contributed by atoms with Crippen molar-refractivity contribution < 1.29 is 29.0 Å². The van der Waals surface area contributed by atoms with Crippen LogP contribution in [-0.4, -0.2) is 55.8 Å². The minimum absolute atomic E-state index is 0. The fourth-order valence-corrected chi connectivity index (χ4v) is 4.05. The van der Waals surface area contributed by atoms with E-state index < -0.39 is 34.3 Å². The highest BCUT2D eigenvalue weighted by atomic mass is 16.5. The highest BCUT2D eigenvalue weighted by molar-refractivity contribution is 6.00. The first-order valence-electron chi connectivity index (χ1n) is 13.3. The number of carbonyl (C=O) groups is 4. The smallest absolute Gasteiger partial charge is 0.354 e. The van der Waals surface area contributed by atoms with Gasteiger partial charge in [0, 0.05) is 24.3 Å². The van der Waals surface area contributed by atoms with Crippen molar-refractivity contribution in [3.8, 4) is 0 Å². The van der Waals surface area contributed by atoms with Gasteiger partial charge in [0.25, 0.3) is 22.7 Å². The van der Waals surface area contributed by atoms with Crippen molar-refractivity contribution in [1.29, 1.82) is 0 Å². The van der Waals surface area contributed by atoms with Crippen molar-refractivity contribution >= 4 is 46.5 Å². The fourth-order valence-electron chi connectivity index (χ4n) is 4.05. The summed E-state index contributed by atoms with van der Waals surface area (Å²) >= 11 is 0. The molecule has 0 spiro atoms. The lowest BCUT2D eigenvalue weighted by molar-refractivity contribution is 0.0599. The fraction of sp³-hybridized carbons (Fsp3) is 0.167. The van der Waals surface area contributed by atoms with Crippen LogP contribution in [0.15, 0.2) is 64.2 Å². The SMILES string of the molecule is C.COC(=O)c1ccc([C@@H](C)N)cc1.NC(=O)c1nnn2c(C(=O)O)cc(C(=O)NCc3cccc(Nc4c(N)c(=O)c4=O)c3)nc12. The number of carbonyl (C=O) groups excluding carboxylic acids is 3. The summed E-state index contributed by atoms with van der Waals surface area (Å²) in [4.78, 5) is 73.5. The summed E-state index contributed by atoms with van der Waals surface area (Å²) in [7, 11) is 1.36. The molecule has 17 nitrogen and oxygen atoms in total. The number of fused-ring (bicyclic) bond motifs is 1. The number of nitrogens with one attached hydrogen (secondary N) is 2. The quantitative estimate of drug-likeness (QED) is 0.0960. The van der Waals surface area contributed by atoms with Crippen molar-refractivity contribution in [2.24, 2.45) is 11.5 Å². The number of benzene rings is 2. The van der Waals surface area contributed by atoms with Gasteiger partial charge in [-0.25, -0.2) is 14.6 Å². The van der Waals surface area contributed by atoms with Crippen LogP contribution in [-0.2, 0) is 11.3 Å². The molecule has 2 amide bonds. The molecule has 47 heavy (non-hydrogen) atoms. The number of rotatable bonds is 9. The predicted octanol–water partition coefficient (Wildman–Crippen LogP) is 0.902. The first kappa shape index (κ1) is 35.0. The van der Waals surface area contributed by atoms with E-state index in [1.165, 1.54) is 7.11 Å². The van der Waals surface area contributed by atoms with Crippen molar-refractivity contribution in [2.75, 3.05) is 18.2 Å². The minimum atomic E-state index is -1.42. The van der Waals surface area contributed by atoms with Crippen LogP contribution in [0.3, 0.4) is 0 Å². The number of hydrogen-bond donors (Lipinski definition) is 6. The zero-order valence-corrected chi connectivity index (χ0v) is 24.3. The lowest BCUT2D eigenvalue weighted by atomic mass is 10.1. The molecule has 0 aliphatic carbocycles. The van der Waals surface area contributed by atoms with Crippen molar-refractivity contribution in [2.45, 2.75) is 26.9 Å². The molecule has 0 unspecified atom stereocenters. The maximum atomic E-state index is 12.6. The summed E-state index contributed by atoms with van der Waals surface area (Å²) in [6.45, 7) is 1.90. The summed E-state index contributed by atoms with van der Waals surface area (Å²) in [6.07, 6.45) is 0. The second-order valence-corrected chi connectivity index (χ2v) is 9.73. The second-order valence-electron chi connectivity index (χ2n) is 9.73. The van der Waals surface area contributed by atoms with Crippen LogP contribution in [0.4, 0.5) is 17.1 Å². The molecule has 0 aliphatic heterocycles. The van der Waals surface area contributed by atoms with E-state index in [1.54, 1.807) is 36.4 Å². The summed E-state index contributed by atoms with van der Waals surface area (Å²) in [5.74, 6) is -3.47. The number of methoxy groups -OCH3 is 1. The topological polar surface area (TPSA) is 277 Å². The molecular formula is C30H31N9O8. The second kappa shape index (κ2) is 14.5. The molecule has 2 aromatic heterocycles. The standard InChI is InChI=1S/C19H14N8O6.C10H13NO2.CH4/c20-11-12(15(29)14(11)28)23-8-3-1-2-7(4-8)6-22-18(31)9-5-10(19(32)33)27-17(24-9)13(16(21)30)25-26-27;1-7(11)8-3-5-9(6-4-8)10(12)13-2;/h1-5,23H,6,20H2,(H2,21,30)(H,22,31)(H,32,33);3-7H,11H2,1-2H3;1H4/t;7-;/m.1./s1. The van der Waals surface area contributed by atoms with Gasteiger partial charge in [-0.1, -0.05) is 36.9 Å². The monoisotopic (exact) mass is 645 g/mol. The van der Waals surface area contributed by atoms with E-state index in [0.717, 1.165) is 16.1 Å². The minimum Gasteiger partial charge on any atom is -0.477 e. The number of ether oxygens (including phenoxy) is 1. The Morgan fingerprint density at radius 2 is 1.72 bits per heavy atom. The van der Waals surface area contributed by atoms with Crippen LogP contribution in [0, 0.1) is 0 Å². The number of hydrogen-bond acceptors (Lipinski definition) is 13. The molecule has 17 heteroatoms. The average Bonchev–Trinajstić information content (AvgIpc) is 3.49. The molecule has 244 valence electrons. The predicted molar refractivity (Wildman–Crippen MR) is 170 cm³/mol. The van der Waals surface area contributed by atoms with Crippen LogP contribution in [0.1, 0.15) is 73.3 Å². The molecule has 5 aromatic rings. The lowest BCUT2D eigenvalue weighted by Gasteiger charge is -2.11. The maximum Gasteiger partial charge on any atom is 0.354 e. The van der Waals surface area contributed by atoms with Crippen LogP contribution < -0.4 is 38.7 Å². The molecule has 3 aromatic carbocycles. The third-order valence-corrected chi connectivity index (χ3v) is 6.51. The molecule has 0 bridgehead atoms. The van der Waals surface area contributed by atoms with Gasteiger partial charge in [0.1, 0.15) is 17.1 Å². The Balaban J connectivity index is 0.000000362. The Bertz CT molecular complexity index is 2050. The summed E-state index contributed by atoms with van der Waals surface area (Å²) in [5.41, 5.74) is 16.0. The van der Waals surface area contributed by atoms with E-state index in [-0.39, 0.29) is 54.4 Å². The van der Waals surface area contributed by atoms with Gasteiger partial charge in [0.15, 0.2) is 17.0 Å². The van der Waals surface area contributed by atoms with Crippen LogP contribution in [0.25, 0.3) is 5.65 Å². The van der Waals surface area contributed by atoms with E-state index in [9.17, 15) is 33.9 Å². The highest BCUT2D eigenvalue weighted by Gasteiger charge is 2.22. The molecule has 2 heterocycles. The maximum absolute atomic E-state index is 12.6. The first-order valence-corrected chi connectivity index (χ1v) is 13.3. The number of esters is 1. The third kappa shape index (κ3) is 7.60. The molecule has 9 N–H and O–H groups in total. The number of nitrogens with zero attached hydrogens (tertiary/aromatic N) is 4. The van der Waals surface area contributed by atoms with Crippen molar-refractivity contribution in [3.05, 3.63) is 109 Å². The molecule has 0 saturated heterocycles. The van der Waals surface area contributed by atoms with Crippen molar-refractivity contribution in [1.82, 2.24) is 25.1 Å². The molecule has 0 saturated carbocycles. The number of amides is 2. The Hall–Kier alpha value is -6.49. The Morgan fingerprint density at radius 3 is 2.30 bits per heavy atom. The van der Waals surface area contributed by atoms with Crippen LogP contribution in [0.5, 0.6) is 0 Å². The third-order valence-electron chi connectivity index (χ3n) is 6.51. The number of nitrogens with two attached hydrogens (primary N) is 3. The van der Waals surface area contributed by atoms with Gasteiger partial charge in [-0.15, -0.1) is 5.10 Å². The first-order chi connectivity index (χ1) is 21.8. The largest absolute Gasteiger partial charge is 0.477 e. The van der Waals surface area contributed by atoms with Gasteiger partial charge in [-0.3, -0.25) is 19.2 Å². The molecule has 0 radical (unpaired) electrons.